The molecule has 0 spiro atoms. The average Bonchev–Trinajstić information content (AvgIpc) is 3.00. The number of hydrogen-bond acceptors (Lipinski definition) is 5. The monoisotopic (exact) mass is 593 g/mol. The fourth-order valence-corrected chi connectivity index (χ4v) is 6.21. The van der Waals surface area contributed by atoms with Crippen molar-refractivity contribution >= 4 is 27.5 Å². The van der Waals surface area contributed by atoms with Crippen molar-refractivity contribution < 1.29 is 22.7 Å². The third kappa shape index (κ3) is 8.12. The number of ether oxygens (including phenoxy) is 1. The van der Waals surface area contributed by atoms with Gasteiger partial charge in [-0.25, -0.2) is 8.42 Å². The van der Waals surface area contributed by atoms with Gasteiger partial charge in [0, 0.05) is 13.1 Å². The van der Waals surface area contributed by atoms with Gasteiger partial charge in [0.05, 0.1) is 17.7 Å². The molecule has 0 saturated carbocycles. The molecule has 0 fully saturated rings. The topological polar surface area (TPSA) is 96.0 Å². The molecule has 0 unspecified atom stereocenters. The average molecular weight is 594 g/mol. The molecule has 2 amide bonds. The molecule has 8 nitrogen and oxygen atoms in total. The van der Waals surface area contributed by atoms with Gasteiger partial charge in [-0.3, -0.25) is 13.9 Å². The number of methoxy groups -OCH3 is 1. The fraction of sp³-hybridized carbons (Fsp3) is 0.394. The van der Waals surface area contributed by atoms with Crippen LogP contribution >= 0.6 is 0 Å². The molecule has 0 aliphatic carbocycles. The Morgan fingerprint density at radius 1 is 0.929 bits per heavy atom. The van der Waals surface area contributed by atoms with Crippen LogP contribution in [0.25, 0.3) is 0 Å². The summed E-state index contributed by atoms with van der Waals surface area (Å²) >= 11 is 0. The quantitative estimate of drug-likeness (QED) is 0.235. The third-order valence-corrected chi connectivity index (χ3v) is 9.03. The van der Waals surface area contributed by atoms with Crippen LogP contribution in [0.15, 0.2) is 77.7 Å². The molecule has 3 aromatic carbocycles. The van der Waals surface area contributed by atoms with Gasteiger partial charge in [-0.2, -0.15) is 0 Å². The van der Waals surface area contributed by atoms with Gasteiger partial charge in [0.2, 0.25) is 11.8 Å². The summed E-state index contributed by atoms with van der Waals surface area (Å²) in [4.78, 5) is 29.2. The van der Waals surface area contributed by atoms with Crippen LogP contribution in [-0.2, 0) is 32.6 Å². The summed E-state index contributed by atoms with van der Waals surface area (Å²) in [5.41, 5.74) is 2.97. The second kappa shape index (κ2) is 15.4. The van der Waals surface area contributed by atoms with E-state index in [0.29, 0.717) is 30.8 Å². The summed E-state index contributed by atoms with van der Waals surface area (Å²) in [6, 6.07) is 20.3. The summed E-state index contributed by atoms with van der Waals surface area (Å²) in [6.07, 6.45) is 2.70. The standard InChI is InChI=1S/C33H43N3O5S/c1-6-9-22-34-33(38)30(8-3)35(23-26-16-18-28(41-5)19-17-26)32(37)24-36(31-13-11-10-12-27(31)7-2)42(39,40)29-20-14-25(4)15-21-29/h10-21,30H,6-9,22-24H2,1-5H3,(H,34,38)/t30-/m0/s1. The highest BCUT2D eigenvalue weighted by atomic mass is 32.2. The summed E-state index contributed by atoms with van der Waals surface area (Å²) in [5, 5.41) is 2.95. The van der Waals surface area contributed by atoms with Crippen molar-refractivity contribution in [2.75, 3.05) is 24.5 Å². The summed E-state index contributed by atoms with van der Waals surface area (Å²) in [6.45, 7) is 7.91. The van der Waals surface area contributed by atoms with Gasteiger partial charge in [-0.05, 0) is 67.6 Å². The number of nitrogens with one attached hydrogen (secondary N) is 1. The Hall–Kier alpha value is -3.85. The zero-order valence-electron chi connectivity index (χ0n) is 25.3. The summed E-state index contributed by atoms with van der Waals surface area (Å²) in [5.74, 6) is -0.0490. The van der Waals surface area contributed by atoms with E-state index >= 15 is 0 Å². The lowest BCUT2D eigenvalue weighted by Crippen LogP contribution is -2.52. The number of aryl methyl sites for hydroxylation is 2. The van der Waals surface area contributed by atoms with Crippen molar-refractivity contribution in [1.29, 1.82) is 0 Å². The Balaban J connectivity index is 2.06. The SMILES string of the molecule is CCCCNC(=O)[C@H](CC)N(Cc1ccc(OC)cc1)C(=O)CN(c1ccccc1CC)S(=O)(=O)c1ccc(C)cc1. The van der Waals surface area contributed by atoms with E-state index in [-0.39, 0.29) is 17.3 Å². The van der Waals surface area contributed by atoms with Crippen LogP contribution < -0.4 is 14.4 Å². The molecule has 0 aliphatic rings. The molecule has 42 heavy (non-hydrogen) atoms. The van der Waals surface area contributed by atoms with E-state index in [2.05, 4.69) is 5.32 Å². The second-order valence-electron chi connectivity index (χ2n) is 10.2. The maximum atomic E-state index is 14.2. The lowest BCUT2D eigenvalue weighted by atomic mass is 10.1. The van der Waals surface area contributed by atoms with Crippen LogP contribution in [0, 0.1) is 6.92 Å². The molecule has 0 bridgehead atoms. The number of nitrogens with zero attached hydrogens (tertiary/aromatic N) is 2. The summed E-state index contributed by atoms with van der Waals surface area (Å²) < 4.78 is 34.7. The van der Waals surface area contributed by atoms with Gasteiger partial charge in [-0.15, -0.1) is 0 Å². The number of sulfonamides is 1. The van der Waals surface area contributed by atoms with Gasteiger partial charge in [0.25, 0.3) is 10.0 Å². The number of hydrogen-bond donors (Lipinski definition) is 1. The van der Waals surface area contributed by atoms with E-state index in [1.54, 1.807) is 55.6 Å². The third-order valence-electron chi connectivity index (χ3n) is 7.26. The lowest BCUT2D eigenvalue weighted by Gasteiger charge is -2.33. The highest BCUT2D eigenvalue weighted by Crippen LogP contribution is 2.28. The molecule has 3 rings (SSSR count). The van der Waals surface area contributed by atoms with Crippen molar-refractivity contribution in [1.82, 2.24) is 10.2 Å². The predicted molar refractivity (Wildman–Crippen MR) is 167 cm³/mol. The number of benzene rings is 3. The molecule has 1 N–H and O–H groups in total. The van der Waals surface area contributed by atoms with Crippen molar-refractivity contribution in [2.24, 2.45) is 0 Å². The minimum absolute atomic E-state index is 0.0952. The molecule has 226 valence electrons. The molecular formula is C33H43N3O5S. The number of para-hydroxylation sites is 1. The molecule has 3 aromatic rings. The fourth-order valence-electron chi connectivity index (χ4n) is 4.76. The van der Waals surface area contributed by atoms with Crippen molar-refractivity contribution in [2.45, 2.75) is 70.9 Å². The number of carbonyl (C=O) groups excluding carboxylic acids is 2. The number of rotatable bonds is 15. The van der Waals surface area contributed by atoms with Crippen molar-refractivity contribution in [3.8, 4) is 5.75 Å². The second-order valence-corrected chi connectivity index (χ2v) is 12.1. The largest absolute Gasteiger partial charge is 0.497 e. The molecule has 0 aromatic heterocycles. The minimum Gasteiger partial charge on any atom is -0.497 e. The summed E-state index contributed by atoms with van der Waals surface area (Å²) in [7, 11) is -2.54. The van der Waals surface area contributed by atoms with Gasteiger partial charge in [0.15, 0.2) is 0 Å². The van der Waals surface area contributed by atoms with Crippen LogP contribution in [0.5, 0.6) is 5.75 Å². The zero-order chi connectivity index (χ0) is 30.7. The van der Waals surface area contributed by atoms with Gasteiger partial charge >= 0.3 is 0 Å². The Morgan fingerprint density at radius 3 is 2.19 bits per heavy atom. The van der Waals surface area contributed by atoms with Crippen molar-refractivity contribution in [3.05, 3.63) is 89.5 Å². The molecule has 0 aliphatic heterocycles. The first kappa shape index (κ1) is 32.7. The van der Waals surface area contributed by atoms with E-state index in [4.69, 9.17) is 4.74 Å². The minimum atomic E-state index is -4.12. The molecule has 0 radical (unpaired) electrons. The first-order valence-corrected chi connectivity index (χ1v) is 16.0. The highest BCUT2D eigenvalue weighted by Gasteiger charge is 2.34. The maximum absolute atomic E-state index is 14.2. The molecule has 1 atom stereocenters. The van der Waals surface area contributed by atoms with E-state index in [1.165, 1.54) is 9.21 Å². The van der Waals surface area contributed by atoms with E-state index in [9.17, 15) is 18.0 Å². The van der Waals surface area contributed by atoms with Gasteiger partial charge in [0.1, 0.15) is 18.3 Å². The molecule has 0 heterocycles. The van der Waals surface area contributed by atoms with Gasteiger partial charge in [-0.1, -0.05) is 75.2 Å². The molecular weight excluding hydrogens is 550 g/mol. The first-order chi connectivity index (χ1) is 20.2. The maximum Gasteiger partial charge on any atom is 0.264 e. The Bertz CT molecular complexity index is 1420. The Morgan fingerprint density at radius 2 is 1.60 bits per heavy atom. The van der Waals surface area contributed by atoms with E-state index < -0.39 is 28.5 Å². The highest BCUT2D eigenvalue weighted by molar-refractivity contribution is 7.92. The smallest absolute Gasteiger partial charge is 0.264 e. The zero-order valence-corrected chi connectivity index (χ0v) is 26.1. The number of amides is 2. The van der Waals surface area contributed by atoms with Crippen LogP contribution in [0.1, 0.15) is 56.7 Å². The first-order valence-electron chi connectivity index (χ1n) is 14.5. The number of unbranched alkanes of at least 4 members (excludes halogenated alkanes) is 1. The van der Waals surface area contributed by atoms with Crippen molar-refractivity contribution in [3.63, 3.8) is 0 Å². The number of carbonyl (C=O) groups is 2. The van der Waals surface area contributed by atoms with Crippen LogP contribution in [0.4, 0.5) is 5.69 Å². The Labute approximate surface area is 250 Å². The lowest BCUT2D eigenvalue weighted by molar-refractivity contribution is -0.140. The molecule has 9 heteroatoms. The Kier molecular flexibility index (Phi) is 12.0. The van der Waals surface area contributed by atoms with Gasteiger partial charge < -0.3 is 15.0 Å². The van der Waals surface area contributed by atoms with E-state index in [1.807, 2.05) is 52.0 Å². The van der Waals surface area contributed by atoms with Crippen LogP contribution in [0.3, 0.4) is 0 Å². The number of anilines is 1. The molecule has 0 saturated heterocycles. The normalized spacial score (nSPS) is 11.9. The van der Waals surface area contributed by atoms with Crippen LogP contribution in [-0.4, -0.2) is 51.4 Å². The predicted octanol–water partition coefficient (Wildman–Crippen LogP) is 5.49. The van der Waals surface area contributed by atoms with E-state index in [0.717, 1.165) is 29.5 Å². The van der Waals surface area contributed by atoms with Crippen LogP contribution in [0.2, 0.25) is 0 Å².